The largest absolute Gasteiger partial charge is 0.395 e. The number of hydrogen-bond acceptors (Lipinski definition) is 4. The van der Waals surface area contributed by atoms with Crippen LogP contribution in [-0.4, -0.2) is 42.9 Å². The van der Waals surface area contributed by atoms with Crippen molar-refractivity contribution in [3.63, 3.8) is 0 Å². The van der Waals surface area contributed by atoms with Gasteiger partial charge < -0.3 is 9.33 Å². The molecule has 0 bridgehead atoms. The van der Waals surface area contributed by atoms with Crippen LogP contribution in [0.5, 0.6) is 0 Å². The van der Waals surface area contributed by atoms with Gasteiger partial charge in [0.15, 0.2) is 5.78 Å². The molecule has 1 aliphatic heterocycles. The Balaban J connectivity index is 1.63. The number of nitrogens with zero attached hydrogens (tertiary/aromatic N) is 1. The minimum Gasteiger partial charge on any atom is -0.395 e. The third-order valence-electron chi connectivity index (χ3n) is 6.39. The molecule has 1 atom stereocenters. The molecule has 1 unspecified atom stereocenters. The van der Waals surface area contributed by atoms with Crippen molar-refractivity contribution in [3.8, 4) is 0 Å². The van der Waals surface area contributed by atoms with Gasteiger partial charge in [0, 0.05) is 11.4 Å². The molecule has 1 aliphatic rings. The number of amides is 1. The van der Waals surface area contributed by atoms with Crippen molar-refractivity contribution >= 4 is 57.6 Å². The summed E-state index contributed by atoms with van der Waals surface area (Å²) in [5.41, 5.74) is 0. The Kier molecular flexibility index (Phi) is 7.57. The number of Topliss-reactive ketones (excluding diaryl/α,β-unsaturated/α-hetero) is 1. The Hall–Kier alpha value is -2.06. The van der Waals surface area contributed by atoms with Crippen LogP contribution >= 0.6 is 27.3 Å². The van der Waals surface area contributed by atoms with Crippen LogP contribution in [0.15, 0.2) is 72.8 Å². The molecule has 2 heterocycles. The predicted molar refractivity (Wildman–Crippen MR) is 145 cm³/mol. The van der Waals surface area contributed by atoms with Crippen LogP contribution in [0.1, 0.15) is 41.7 Å². The monoisotopic (exact) mass is 555 g/mol. The molecular formula is C27H30BrNO3SSi. The molecule has 7 heteroatoms. The molecule has 2 aromatic carbocycles. The number of alkyl halides is 1. The van der Waals surface area contributed by atoms with E-state index in [0.29, 0.717) is 24.8 Å². The zero-order valence-corrected chi connectivity index (χ0v) is 23.2. The van der Waals surface area contributed by atoms with E-state index in [0.717, 1.165) is 9.75 Å². The van der Waals surface area contributed by atoms with E-state index in [1.54, 1.807) is 0 Å². The van der Waals surface area contributed by atoms with Gasteiger partial charge in [0.1, 0.15) is 6.10 Å². The summed E-state index contributed by atoms with van der Waals surface area (Å²) in [6, 6.07) is 24.7. The highest BCUT2D eigenvalue weighted by Crippen LogP contribution is 2.39. The van der Waals surface area contributed by atoms with Crippen LogP contribution < -0.4 is 10.4 Å². The lowest BCUT2D eigenvalue weighted by Gasteiger charge is -2.44. The molecule has 178 valence electrons. The zero-order valence-electron chi connectivity index (χ0n) is 19.8. The maximum atomic E-state index is 13.5. The van der Waals surface area contributed by atoms with Gasteiger partial charge in [-0.2, -0.15) is 0 Å². The fraction of sp³-hybridized carbons (Fsp3) is 0.333. The average molecular weight is 557 g/mol. The van der Waals surface area contributed by atoms with Crippen molar-refractivity contribution < 1.29 is 14.0 Å². The van der Waals surface area contributed by atoms with Crippen LogP contribution in [0.25, 0.3) is 0 Å². The number of carbonyl (C=O) groups excluding carboxylic acids is 2. The lowest BCUT2D eigenvalue weighted by molar-refractivity contribution is -0.134. The van der Waals surface area contributed by atoms with E-state index in [9.17, 15) is 9.59 Å². The number of rotatable bonds is 8. The first-order valence-electron chi connectivity index (χ1n) is 11.5. The normalized spacial score (nSPS) is 16.8. The maximum Gasteiger partial charge on any atom is 0.262 e. The van der Waals surface area contributed by atoms with E-state index < -0.39 is 14.4 Å². The van der Waals surface area contributed by atoms with Gasteiger partial charge in [-0.3, -0.25) is 9.59 Å². The molecule has 0 N–H and O–H groups in total. The number of ketones is 1. The number of benzene rings is 2. The third kappa shape index (κ3) is 4.84. The lowest BCUT2D eigenvalue weighted by atomic mass is 10.2. The molecule has 0 radical (unpaired) electrons. The highest BCUT2D eigenvalue weighted by molar-refractivity contribution is 9.09. The summed E-state index contributed by atoms with van der Waals surface area (Å²) in [5, 5.41) is 2.49. The summed E-state index contributed by atoms with van der Waals surface area (Å²) < 4.78 is 7.07. The molecule has 3 aromatic rings. The van der Waals surface area contributed by atoms with Gasteiger partial charge >= 0.3 is 0 Å². The van der Waals surface area contributed by atoms with Crippen molar-refractivity contribution in [2.45, 2.75) is 44.9 Å². The molecule has 1 fully saturated rings. The lowest BCUT2D eigenvalue weighted by Crippen LogP contribution is -2.68. The minimum absolute atomic E-state index is 0.0368. The number of hydrogen-bond donors (Lipinski definition) is 0. The Morgan fingerprint density at radius 1 is 1.03 bits per heavy atom. The Morgan fingerprint density at radius 2 is 1.62 bits per heavy atom. The van der Waals surface area contributed by atoms with Gasteiger partial charge in [-0.05, 0) is 34.0 Å². The predicted octanol–water partition coefficient (Wildman–Crippen LogP) is 5.00. The van der Waals surface area contributed by atoms with Gasteiger partial charge in [0.25, 0.3) is 14.2 Å². The molecule has 34 heavy (non-hydrogen) atoms. The molecule has 0 saturated carbocycles. The van der Waals surface area contributed by atoms with E-state index in [1.165, 1.54) is 21.7 Å². The molecular weight excluding hydrogens is 526 g/mol. The van der Waals surface area contributed by atoms with Crippen LogP contribution in [0.4, 0.5) is 0 Å². The highest BCUT2D eigenvalue weighted by atomic mass is 79.9. The summed E-state index contributed by atoms with van der Waals surface area (Å²) in [7, 11) is -2.79. The first-order chi connectivity index (χ1) is 16.3. The number of carbonyl (C=O) groups is 2. The fourth-order valence-corrected chi connectivity index (χ4v) is 10.9. The van der Waals surface area contributed by atoms with E-state index in [1.807, 2.05) is 29.2 Å². The summed E-state index contributed by atoms with van der Waals surface area (Å²) >= 11 is 4.69. The van der Waals surface area contributed by atoms with Crippen LogP contribution in [-0.2, 0) is 15.8 Å². The van der Waals surface area contributed by atoms with Gasteiger partial charge in [0.05, 0.1) is 16.8 Å². The third-order valence-corrected chi connectivity index (χ3v) is 13.1. The molecule has 0 aliphatic carbocycles. The SMILES string of the molecule is CC(C)(C)[Si](OC1CCN(Cc2ccc(C(=O)CBr)s2)C1=O)(c1ccccc1)c1ccccc1. The molecule has 1 saturated heterocycles. The second-order valence-electron chi connectivity index (χ2n) is 9.64. The smallest absolute Gasteiger partial charge is 0.262 e. The van der Waals surface area contributed by atoms with Crippen molar-refractivity contribution in [2.24, 2.45) is 0 Å². The molecule has 0 spiro atoms. The van der Waals surface area contributed by atoms with E-state index in [-0.39, 0.29) is 16.7 Å². The number of thiophene rings is 1. The second-order valence-corrected chi connectivity index (χ2v) is 15.6. The molecule has 4 rings (SSSR count). The Labute approximate surface area is 215 Å². The summed E-state index contributed by atoms with van der Waals surface area (Å²) in [4.78, 5) is 29.1. The molecule has 4 nitrogen and oxygen atoms in total. The van der Waals surface area contributed by atoms with Crippen molar-refractivity contribution in [3.05, 3.63) is 82.6 Å². The first kappa shape index (κ1) is 25.0. The Morgan fingerprint density at radius 3 is 2.15 bits per heavy atom. The summed E-state index contributed by atoms with van der Waals surface area (Å²) in [6.45, 7) is 7.85. The van der Waals surface area contributed by atoms with E-state index >= 15 is 0 Å². The average Bonchev–Trinajstić information content (AvgIpc) is 3.44. The van der Waals surface area contributed by atoms with Gasteiger partial charge in [-0.25, -0.2) is 0 Å². The minimum atomic E-state index is -2.79. The topological polar surface area (TPSA) is 46.6 Å². The standard InChI is InChI=1S/C27H30BrNO3SSi/c1-27(2,3)34(21-10-6-4-7-11-21,22-12-8-5-9-13-22)32-24-16-17-29(26(24)31)19-20-14-15-25(33-20)23(30)18-28/h4-15,24H,16-19H2,1-3H3. The maximum absolute atomic E-state index is 13.5. The first-order valence-corrected chi connectivity index (χ1v) is 15.4. The fourth-order valence-electron chi connectivity index (χ4n) is 4.75. The Bertz CT molecular complexity index is 1100. The van der Waals surface area contributed by atoms with Gasteiger partial charge in [-0.15, -0.1) is 11.3 Å². The van der Waals surface area contributed by atoms with E-state index in [4.69, 9.17) is 4.43 Å². The van der Waals surface area contributed by atoms with Gasteiger partial charge in [0.2, 0.25) is 0 Å². The van der Waals surface area contributed by atoms with Crippen molar-refractivity contribution in [1.82, 2.24) is 4.90 Å². The second kappa shape index (κ2) is 10.3. The zero-order chi connectivity index (χ0) is 24.3. The summed E-state index contributed by atoms with van der Waals surface area (Å²) in [5.74, 6) is 0.103. The van der Waals surface area contributed by atoms with Crippen molar-refractivity contribution in [2.75, 3.05) is 11.9 Å². The quantitative estimate of drug-likeness (QED) is 0.223. The van der Waals surface area contributed by atoms with E-state index in [2.05, 4.69) is 85.2 Å². The molecule has 1 amide bonds. The van der Waals surface area contributed by atoms with Crippen molar-refractivity contribution in [1.29, 1.82) is 0 Å². The van der Waals surface area contributed by atoms with Crippen LogP contribution in [0, 0.1) is 0 Å². The van der Waals surface area contributed by atoms with Crippen LogP contribution in [0.3, 0.4) is 0 Å². The number of likely N-dealkylation sites (tertiary alicyclic amines) is 1. The number of halogens is 1. The van der Waals surface area contributed by atoms with Crippen LogP contribution in [0.2, 0.25) is 5.04 Å². The van der Waals surface area contributed by atoms with Gasteiger partial charge in [-0.1, -0.05) is 97.4 Å². The molecule has 1 aromatic heterocycles. The summed E-state index contributed by atoms with van der Waals surface area (Å²) in [6.07, 6.45) is 0.192. The highest BCUT2D eigenvalue weighted by Gasteiger charge is 2.53.